The van der Waals surface area contributed by atoms with E-state index in [4.69, 9.17) is 11.5 Å². The fraction of sp³-hybridized carbons (Fsp3) is 0.522. The highest BCUT2D eigenvalue weighted by Crippen LogP contribution is 2.12. The number of aliphatic carboxylic acids is 1. The molecule has 1 aromatic rings. The van der Waals surface area contributed by atoms with E-state index in [1.165, 1.54) is 24.3 Å². The predicted molar refractivity (Wildman–Crippen MR) is 135 cm³/mol. The van der Waals surface area contributed by atoms with E-state index in [0.29, 0.717) is 12.0 Å². The Morgan fingerprint density at radius 1 is 0.972 bits per heavy atom. The molecular weight excluding hydrogens is 490 g/mol. The lowest BCUT2D eigenvalue weighted by Gasteiger charge is -2.27. The SMILES string of the molecule is CCC(C)C(NC(=O)C(N)CCC(N)=O)C(=O)NC(CS)C(=O)NC(Cc1ccc(O)cc1)C(=O)O. The summed E-state index contributed by atoms with van der Waals surface area (Å²) < 4.78 is 0. The second kappa shape index (κ2) is 14.9. The fourth-order valence-electron chi connectivity index (χ4n) is 3.19. The summed E-state index contributed by atoms with van der Waals surface area (Å²) >= 11 is 4.10. The number of phenols is 1. The van der Waals surface area contributed by atoms with Crippen LogP contribution in [0, 0.1) is 5.92 Å². The molecule has 0 aliphatic carbocycles. The highest BCUT2D eigenvalue weighted by Gasteiger charge is 2.32. The number of nitrogens with one attached hydrogen (secondary N) is 3. The average molecular weight is 526 g/mol. The number of rotatable bonds is 15. The van der Waals surface area contributed by atoms with Gasteiger partial charge in [-0.3, -0.25) is 19.2 Å². The van der Waals surface area contributed by atoms with Crippen molar-refractivity contribution in [2.24, 2.45) is 17.4 Å². The van der Waals surface area contributed by atoms with Crippen molar-refractivity contribution >= 4 is 42.2 Å². The summed E-state index contributed by atoms with van der Waals surface area (Å²) in [5.41, 5.74) is 11.4. The number of hydrogen-bond acceptors (Lipinski definition) is 8. The van der Waals surface area contributed by atoms with Crippen LogP contribution in [0.4, 0.5) is 0 Å². The predicted octanol–water partition coefficient (Wildman–Crippen LogP) is -0.958. The first-order valence-corrected chi connectivity index (χ1v) is 12.1. The van der Waals surface area contributed by atoms with Crippen LogP contribution in [0.15, 0.2) is 24.3 Å². The topological polar surface area (TPSA) is 214 Å². The molecular formula is C23H35N5O7S. The van der Waals surface area contributed by atoms with E-state index < -0.39 is 53.8 Å². The second-order valence-electron chi connectivity index (χ2n) is 8.50. The molecule has 0 heterocycles. The van der Waals surface area contributed by atoms with E-state index in [2.05, 4.69) is 28.6 Å². The Balaban J connectivity index is 2.88. The van der Waals surface area contributed by atoms with Crippen molar-refractivity contribution in [3.05, 3.63) is 29.8 Å². The molecule has 1 rings (SSSR count). The van der Waals surface area contributed by atoms with Crippen molar-refractivity contribution in [3.63, 3.8) is 0 Å². The lowest BCUT2D eigenvalue weighted by molar-refractivity contribution is -0.142. The number of benzene rings is 1. The van der Waals surface area contributed by atoms with Crippen LogP contribution in [-0.2, 0) is 30.4 Å². The zero-order chi connectivity index (χ0) is 27.4. The minimum Gasteiger partial charge on any atom is -0.508 e. The van der Waals surface area contributed by atoms with Gasteiger partial charge < -0.3 is 37.6 Å². The molecule has 9 N–H and O–H groups in total. The summed E-state index contributed by atoms with van der Waals surface area (Å²) in [6, 6.07) is 1.28. The van der Waals surface area contributed by atoms with Crippen molar-refractivity contribution < 1.29 is 34.2 Å². The maximum atomic E-state index is 13.0. The van der Waals surface area contributed by atoms with Crippen LogP contribution >= 0.6 is 12.6 Å². The molecule has 0 saturated heterocycles. The first-order valence-electron chi connectivity index (χ1n) is 11.5. The molecule has 0 spiro atoms. The second-order valence-corrected chi connectivity index (χ2v) is 8.86. The van der Waals surface area contributed by atoms with E-state index in [1.807, 2.05) is 6.92 Å². The number of carbonyl (C=O) groups excluding carboxylic acids is 4. The Bertz CT molecular complexity index is 928. The Hall–Kier alpha value is -3.32. The van der Waals surface area contributed by atoms with Crippen LogP contribution in [0.5, 0.6) is 5.75 Å². The van der Waals surface area contributed by atoms with E-state index >= 15 is 0 Å². The highest BCUT2D eigenvalue weighted by atomic mass is 32.1. The number of carboxylic acids is 1. The Labute approximate surface area is 215 Å². The van der Waals surface area contributed by atoms with Crippen LogP contribution in [0.1, 0.15) is 38.7 Å². The summed E-state index contributed by atoms with van der Waals surface area (Å²) in [7, 11) is 0. The van der Waals surface area contributed by atoms with Crippen molar-refractivity contribution in [2.75, 3.05) is 5.75 Å². The molecule has 4 amide bonds. The number of aromatic hydroxyl groups is 1. The van der Waals surface area contributed by atoms with Crippen LogP contribution in [-0.4, -0.2) is 69.7 Å². The molecule has 0 bridgehead atoms. The molecule has 0 aliphatic heterocycles. The van der Waals surface area contributed by atoms with Gasteiger partial charge >= 0.3 is 5.97 Å². The van der Waals surface area contributed by atoms with E-state index in [9.17, 15) is 34.2 Å². The number of thiol groups is 1. The first kappa shape index (κ1) is 30.7. The number of amides is 4. The quantitative estimate of drug-likeness (QED) is 0.133. The molecule has 13 heteroatoms. The zero-order valence-electron chi connectivity index (χ0n) is 20.3. The Kier molecular flexibility index (Phi) is 12.7. The van der Waals surface area contributed by atoms with Gasteiger partial charge in [-0.2, -0.15) is 12.6 Å². The van der Waals surface area contributed by atoms with Gasteiger partial charge in [-0.1, -0.05) is 32.4 Å². The molecule has 12 nitrogen and oxygen atoms in total. The molecule has 36 heavy (non-hydrogen) atoms. The number of carboxylic acid groups (broad SMARTS) is 1. The standard InChI is InChI=1S/C23H35N5O7S/c1-3-12(2)19(28-20(31)15(24)8-9-18(25)30)22(33)27-17(11-36)21(32)26-16(23(34)35)10-13-4-6-14(29)7-5-13/h4-7,12,15-17,19,29,36H,3,8-11,24H2,1-2H3,(H2,25,30)(H,26,32)(H,27,33)(H,28,31)(H,34,35). The Morgan fingerprint density at radius 3 is 2.06 bits per heavy atom. The van der Waals surface area contributed by atoms with Gasteiger partial charge in [-0.05, 0) is 30.0 Å². The molecule has 0 aliphatic rings. The monoisotopic (exact) mass is 525 g/mol. The van der Waals surface area contributed by atoms with Crippen molar-refractivity contribution in [1.29, 1.82) is 0 Å². The van der Waals surface area contributed by atoms with Gasteiger partial charge in [0.2, 0.25) is 23.6 Å². The third-order valence-corrected chi connectivity index (χ3v) is 6.00. The number of hydrogen-bond donors (Lipinski definition) is 8. The summed E-state index contributed by atoms with van der Waals surface area (Å²) in [4.78, 5) is 60.9. The highest BCUT2D eigenvalue weighted by molar-refractivity contribution is 7.80. The summed E-state index contributed by atoms with van der Waals surface area (Å²) in [6.45, 7) is 3.54. The normalized spacial score (nSPS) is 15.0. The van der Waals surface area contributed by atoms with Crippen molar-refractivity contribution in [3.8, 4) is 5.75 Å². The van der Waals surface area contributed by atoms with Gasteiger partial charge in [0.15, 0.2) is 0 Å². The summed E-state index contributed by atoms with van der Waals surface area (Å²) in [6.07, 6.45) is 0.380. The van der Waals surface area contributed by atoms with E-state index in [-0.39, 0.29) is 36.7 Å². The van der Waals surface area contributed by atoms with Gasteiger partial charge in [-0.25, -0.2) is 4.79 Å². The zero-order valence-corrected chi connectivity index (χ0v) is 21.2. The van der Waals surface area contributed by atoms with Crippen molar-refractivity contribution in [2.45, 2.75) is 63.7 Å². The lowest BCUT2D eigenvalue weighted by atomic mass is 9.97. The minimum atomic E-state index is -1.30. The van der Waals surface area contributed by atoms with Gasteiger partial charge in [0.25, 0.3) is 0 Å². The maximum absolute atomic E-state index is 13.0. The van der Waals surface area contributed by atoms with Crippen molar-refractivity contribution in [1.82, 2.24) is 16.0 Å². The molecule has 0 radical (unpaired) electrons. The first-order chi connectivity index (χ1) is 16.9. The third-order valence-electron chi connectivity index (χ3n) is 5.64. The number of carbonyl (C=O) groups is 5. The summed E-state index contributed by atoms with van der Waals surface area (Å²) in [5, 5.41) is 26.4. The average Bonchev–Trinajstić information content (AvgIpc) is 2.83. The smallest absolute Gasteiger partial charge is 0.326 e. The number of phenolic OH excluding ortho intramolecular Hbond substituents is 1. The molecule has 1 aromatic carbocycles. The molecule has 0 saturated carbocycles. The largest absolute Gasteiger partial charge is 0.508 e. The van der Waals surface area contributed by atoms with Gasteiger partial charge in [-0.15, -0.1) is 0 Å². The maximum Gasteiger partial charge on any atom is 0.326 e. The number of nitrogens with two attached hydrogens (primary N) is 2. The third kappa shape index (κ3) is 10.1. The molecule has 0 fully saturated rings. The van der Waals surface area contributed by atoms with Gasteiger partial charge in [0.05, 0.1) is 6.04 Å². The van der Waals surface area contributed by atoms with Crippen LogP contribution in [0.2, 0.25) is 0 Å². The molecule has 0 aromatic heterocycles. The van der Waals surface area contributed by atoms with Gasteiger partial charge in [0.1, 0.15) is 23.9 Å². The fourth-order valence-corrected chi connectivity index (χ4v) is 3.44. The van der Waals surface area contributed by atoms with E-state index in [1.54, 1.807) is 6.92 Å². The molecule has 200 valence electrons. The number of primary amides is 1. The molecule has 5 atom stereocenters. The van der Waals surface area contributed by atoms with Crippen LogP contribution < -0.4 is 27.4 Å². The Morgan fingerprint density at radius 2 is 1.56 bits per heavy atom. The summed E-state index contributed by atoms with van der Waals surface area (Å²) in [5.74, 6) is -4.42. The van der Waals surface area contributed by atoms with E-state index in [0.717, 1.165) is 0 Å². The molecule has 5 unspecified atom stereocenters. The lowest BCUT2D eigenvalue weighted by Crippen LogP contribution is -2.59. The van der Waals surface area contributed by atoms with Crippen LogP contribution in [0.25, 0.3) is 0 Å². The van der Waals surface area contributed by atoms with Gasteiger partial charge in [0, 0.05) is 18.6 Å². The minimum absolute atomic E-state index is 0.00922. The van der Waals surface area contributed by atoms with Crippen LogP contribution in [0.3, 0.4) is 0 Å².